The van der Waals surface area contributed by atoms with E-state index >= 15 is 0 Å². The first kappa shape index (κ1) is 15.5. The summed E-state index contributed by atoms with van der Waals surface area (Å²) in [4.78, 5) is 15.7. The first-order valence-corrected chi connectivity index (χ1v) is 8.46. The molecule has 2 rings (SSSR count). The minimum atomic E-state index is -3.84. The maximum absolute atomic E-state index is 12.3. The van der Waals surface area contributed by atoms with Gasteiger partial charge in [0.05, 0.1) is 19.1 Å². The molecular formula is C12H15N3O4S2. The molecule has 0 atom stereocenters. The summed E-state index contributed by atoms with van der Waals surface area (Å²) < 4.78 is 33.3. The zero-order valence-corrected chi connectivity index (χ0v) is 13.4. The van der Waals surface area contributed by atoms with E-state index in [1.165, 1.54) is 19.6 Å². The van der Waals surface area contributed by atoms with E-state index in [0.717, 1.165) is 11.3 Å². The molecule has 0 radical (unpaired) electrons. The standard InChI is InChI=1S/C12H15N3O4S2/c1-4-15-5-9(13-7-15)21(17,18)14-10-8(2)6-20-11(10)12(16)19-3/h5-7,14H,4H2,1-3H3. The third kappa shape index (κ3) is 3.08. The molecule has 1 N–H and O–H groups in total. The third-order valence-corrected chi connectivity index (χ3v) is 5.14. The number of sulfonamides is 1. The highest BCUT2D eigenvalue weighted by Gasteiger charge is 2.24. The second kappa shape index (κ2) is 5.86. The van der Waals surface area contributed by atoms with Crippen LogP contribution in [0, 0.1) is 6.92 Å². The van der Waals surface area contributed by atoms with Crippen molar-refractivity contribution in [3.05, 3.63) is 28.3 Å². The molecule has 0 bridgehead atoms. The minimum absolute atomic E-state index is 0.0919. The molecule has 0 aliphatic heterocycles. The number of hydrogen-bond donors (Lipinski definition) is 1. The molecule has 0 unspecified atom stereocenters. The van der Waals surface area contributed by atoms with Crippen LogP contribution in [0.25, 0.3) is 0 Å². The normalized spacial score (nSPS) is 11.4. The fourth-order valence-corrected chi connectivity index (χ4v) is 3.73. The van der Waals surface area contributed by atoms with Crippen molar-refractivity contribution >= 4 is 33.0 Å². The van der Waals surface area contributed by atoms with Gasteiger partial charge in [-0.3, -0.25) is 4.72 Å². The first-order chi connectivity index (χ1) is 9.89. The minimum Gasteiger partial charge on any atom is -0.465 e. The fourth-order valence-electron chi connectivity index (χ4n) is 1.65. The van der Waals surface area contributed by atoms with Gasteiger partial charge in [0.25, 0.3) is 10.0 Å². The Bertz CT molecular complexity index is 761. The predicted molar refractivity (Wildman–Crippen MR) is 79.1 cm³/mol. The van der Waals surface area contributed by atoms with E-state index < -0.39 is 16.0 Å². The van der Waals surface area contributed by atoms with Crippen molar-refractivity contribution in [2.24, 2.45) is 0 Å². The van der Waals surface area contributed by atoms with Gasteiger partial charge in [-0.1, -0.05) is 0 Å². The van der Waals surface area contributed by atoms with Gasteiger partial charge in [-0.2, -0.15) is 8.42 Å². The van der Waals surface area contributed by atoms with Crippen molar-refractivity contribution in [1.29, 1.82) is 0 Å². The van der Waals surface area contributed by atoms with Gasteiger partial charge in [-0.05, 0) is 24.8 Å². The maximum atomic E-state index is 12.3. The molecule has 0 spiro atoms. The second-order valence-corrected chi connectivity index (χ2v) is 6.77. The van der Waals surface area contributed by atoms with Crippen LogP contribution in [0.1, 0.15) is 22.2 Å². The molecule has 0 aliphatic carbocycles. The van der Waals surface area contributed by atoms with E-state index in [1.807, 2.05) is 6.92 Å². The fraction of sp³-hybridized carbons (Fsp3) is 0.333. The van der Waals surface area contributed by atoms with Gasteiger partial charge in [-0.15, -0.1) is 11.3 Å². The van der Waals surface area contributed by atoms with Crippen molar-refractivity contribution in [2.75, 3.05) is 11.8 Å². The second-order valence-electron chi connectivity index (χ2n) is 4.26. The number of ether oxygens (including phenoxy) is 1. The maximum Gasteiger partial charge on any atom is 0.350 e. The molecule has 9 heteroatoms. The highest BCUT2D eigenvalue weighted by atomic mass is 32.2. The summed E-state index contributed by atoms with van der Waals surface area (Å²) in [6, 6.07) is 0. The molecule has 21 heavy (non-hydrogen) atoms. The van der Waals surface area contributed by atoms with Gasteiger partial charge < -0.3 is 9.30 Å². The molecule has 0 aliphatic rings. The molecule has 0 saturated heterocycles. The van der Waals surface area contributed by atoms with Crippen LogP contribution < -0.4 is 4.72 Å². The van der Waals surface area contributed by atoms with Crippen LogP contribution >= 0.6 is 11.3 Å². The van der Waals surface area contributed by atoms with E-state index in [-0.39, 0.29) is 15.6 Å². The lowest BCUT2D eigenvalue weighted by molar-refractivity contribution is 0.0607. The molecule has 2 aromatic rings. The summed E-state index contributed by atoms with van der Waals surface area (Å²) >= 11 is 1.13. The van der Waals surface area contributed by atoms with Gasteiger partial charge in [0.2, 0.25) is 0 Å². The van der Waals surface area contributed by atoms with Crippen LogP contribution in [0.4, 0.5) is 5.69 Å². The van der Waals surface area contributed by atoms with E-state index in [1.54, 1.807) is 16.9 Å². The third-order valence-electron chi connectivity index (χ3n) is 2.83. The number of thiophene rings is 1. The van der Waals surface area contributed by atoms with Crippen LogP contribution in [-0.4, -0.2) is 31.0 Å². The van der Waals surface area contributed by atoms with Crippen LogP contribution in [0.2, 0.25) is 0 Å². The van der Waals surface area contributed by atoms with Crippen LogP contribution in [0.5, 0.6) is 0 Å². The number of hydrogen-bond acceptors (Lipinski definition) is 6. The van der Waals surface area contributed by atoms with Gasteiger partial charge >= 0.3 is 5.97 Å². The van der Waals surface area contributed by atoms with Crippen molar-refractivity contribution in [2.45, 2.75) is 25.4 Å². The predicted octanol–water partition coefficient (Wildman–Crippen LogP) is 1.86. The highest BCUT2D eigenvalue weighted by molar-refractivity contribution is 7.92. The van der Waals surface area contributed by atoms with Gasteiger partial charge in [0.1, 0.15) is 4.88 Å². The van der Waals surface area contributed by atoms with Crippen molar-refractivity contribution in [3.63, 3.8) is 0 Å². The molecule has 7 nitrogen and oxygen atoms in total. The Hall–Kier alpha value is -1.87. The average molecular weight is 329 g/mol. The highest BCUT2D eigenvalue weighted by Crippen LogP contribution is 2.30. The molecule has 0 fully saturated rings. The number of methoxy groups -OCH3 is 1. The number of nitrogens with zero attached hydrogens (tertiary/aromatic N) is 2. The number of nitrogens with one attached hydrogen (secondary N) is 1. The number of carbonyl (C=O) groups excluding carboxylic acids is 1. The van der Waals surface area contributed by atoms with E-state index in [0.29, 0.717) is 12.1 Å². The van der Waals surface area contributed by atoms with Crippen molar-refractivity contribution < 1.29 is 17.9 Å². The van der Waals surface area contributed by atoms with Gasteiger partial charge in [0, 0.05) is 12.7 Å². The summed E-state index contributed by atoms with van der Waals surface area (Å²) in [6.45, 7) is 4.21. The number of rotatable bonds is 5. The lowest BCUT2D eigenvalue weighted by Crippen LogP contribution is -2.16. The van der Waals surface area contributed by atoms with Crippen LogP contribution in [0.3, 0.4) is 0 Å². The Morgan fingerprint density at radius 1 is 1.52 bits per heavy atom. The van der Waals surface area contributed by atoms with Crippen molar-refractivity contribution in [3.8, 4) is 0 Å². The monoisotopic (exact) mass is 329 g/mol. The van der Waals surface area contributed by atoms with Gasteiger partial charge in [0.15, 0.2) is 5.03 Å². The average Bonchev–Trinajstić information content (AvgIpc) is 3.06. The summed E-state index contributed by atoms with van der Waals surface area (Å²) in [5.41, 5.74) is 0.886. The van der Waals surface area contributed by atoms with Crippen LogP contribution in [-0.2, 0) is 21.3 Å². The summed E-state index contributed by atoms with van der Waals surface area (Å²) in [5.74, 6) is -0.579. The molecule has 0 amide bonds. The Kier molecular flexibility index (Phi) is 4.33. The molecular weight excluding hydrogens is 314 g/mol. The summed E-state index contributed by atoms with van der Waals surface area (Å²) in [5, 5.41) is 1.60. The summed E-state index contributed by atoms with van der Waals surface area (Å²) in [6.07, 6.45) is 2.87. The Balaban J connectivity index is 2.37. The van der Waals surface area contributed by atoms with Crippen molar-refractivity contribution in [1.82, 2.24) is 9.55 Å². The molecule has 0 aromatic carbocycles. The van der Waals surface area contributed by atoms with Crippen LogP contribution in [0.15, 0.2) is 22.9 Å². The quantitative estimate of drug-likeness (QED) is 0.846. The number of esters is 1. The van der Waals surface area contributed by atoms with E-state index in [9.17, 15) is 13.2 Å². The van der Waals surface area contributed by atoms with E-state index in [4.69, 9.17) is 0 Å². The summed E-state index contributed by atoms with van der Waals surface area (Å²) in [7, 11) is -2.59. The Labute approximate surface area is 126 Å². The number of anilines is 1. The molecule has 114 valence electrons. The zero-order chi connectivity index (χ0) is 15.6. The number of carbonyl (C=O) groups is 1. The molecule has 2 aromatic heterocycles. The number of imidazole rings is 1. The largest absolute Gasteiger partial charge is 0.465 e. The lowest BCUT2D eigenvalue weighted by Gasteiger charge is -2.07. The zero-order valence-electron chi connectivity index (χ0n) is 11.8. The first-order valence-electron chi connectivity index (χ1n) is 6.10. The molecule has 2 heterocycles. The van der Waals surface area contributed by atoms with Gasteiger partial charge in [-0.25, -0.2) is 9.78 Å². The SMILES string of the molecule is CCn1cnc(S(=O)(=O)Nc2c(C)csc2C(=O)OC)c1. The number of aryl methyl sites for hydroxylation is 2. The Morgan fingerprint density at radius 3 is 2.81 bits per heavy atom. The Morgan fingerprint density at radius 2 is 2.24 bits per heavy atom. The number of aromatic nitrogens is 2. The smallest absolute Gasteiger partial charge is 0.350 e. The molecule has 0 saturated carbocycles. The van der Waals surface area contributed by atoms with E-state index in [2.05, 4.69) is 14.4 Å². The topological polar surface area (TPSA) is 90.3 Å². The lowest BCUT2D eigenvalue weighted by atomic mass is 10.3.